The summed E-state index contributed by atoms with van der Waals surface area (Å²) in [6.07, 6.45) is -0.0755. The Labute approximate surface area is 119 Å². The number of carbonyl (C=O) groups is 2. The third-order valence-corrected chi connectivity index (χ3v) is 2.84. The number of nitrogens with zero attached hydrogens (tertiary/aromatic N) is 2. The van der Waals surface area contributed by atoms with Gasteiger partial charge in [0.2, 0.25) is 0 Å². The van der Waals surface area contributed by atoms with Gasteiger partial charge in [-0.05, 0) is 11.6 Å². The van der Waals surface area contributed by atoms with Crippen LogP contribution in [0.4, 0.5) is 10.5 Å². The van der Waals surface area contributed by atoms with Crippen molar-refractivity contribution in [2.75, 3.05) is 32.6 Å². The van der Waals surface area contributed by atoms with Gasteiger partial charge in [-0.25, -0.2) is 4.79 Å². The van der Waals surface area contributed by atoms with Crippen molar-refractivity contribution in [1.29, 1.82) is 0 Å². The van der Waals surface area contributed by atoms with E-state index in [1.54, 1.807) is 7.05 Å². The topological polar surface area (TPSA) is 72.9 Å². The van der Waals surface area contributed by atoms with Crippen molar-refractivity contribution >= 4 is 17.7 Å². The van der Waals surface area contributed by atoms with Gasteiger partial charge in [-0.3, -0.25) is 4.79 Å². The van der Waals surface area contributed by atoms with E-state index in [0.29, 0.717) is 6.54 Å². The number of carboxylic acid groups (broad SMARTS) is 1. The maximum Gasteiger partial charge on any atom is 0.317 e. The van der Waals surface area contributed by atoms with Crippen LogP contribution < -0.4 is 10.2 Å². The number of carbonyl (C=O) groups excluding carboxylic acids is 1. The van der Waals surface area contributed by atoms with E-state index in [1.807, 2.05) is 43.3 Å². The van der Waals surface area contributed by atoms with Crippen molar-refractivity contribution in [1.82, 2.24) is 10.2 Å². The zero-order valence-corrected chi connectivity index (χ0v) is 12.1. The van der Waals surface area contributed by atoms with E-state index in [-0.39, 0.29) is 19.0 Å². The van der Waals surface area contributed by atoms with Gasteiger partial charge in [-0.2, -0.15) is 0 Å². The number of nitrogens with one attached hydrogen (secondary N) is 1. The van der Waals surface area contributed by atoms with Gasteiger partial charge in [-0.15, -0.1) is 0 Å². The van der Waals surface area contributed by atoms with E-state index in [2.05, 4.69) is 5.32 Å². The summed E-state index contributed by atoms with van der Waals surface area (Å²) >= 11 is 0. The largest absolute Gasteiger partial charge is 0.481 e. The van der Waals surface area contributed by atoms with E-state index in [9.17, 15) is 9.59 Å². The van der Waals surface area contributed by atoms with Crippen LogP contribution in [0, 0.1) is 0 Å². The molecule has 0 saturated heterocycles. The third kappa shape index (κ3) is 4.79. The number of para-hydroxylation sites is 1. The molecule has 0 unspecified atom stereocenters. The number of hydrogen-bond acceptors (Lipinski definition) is 3. The fourth-order valence-corrected chi connectivity index (χ4v) is 1.82. The normalized spacial score (nSPS) is 9.95. The van der Waals surface area contributed by atoms with Crippen molar-refractivity contribution in [3.63, 3.8) is 0 Å². The van der Waals surface area contributed by atoms with Crippen LogP contribution >= 0.6 is 0 Å². The van der Waals surface area contributed by atoms with E-state index >= 15 is 0 Å². The lowest BCUT2D eigenvalue weighted by molar-refractivity contribution is -0.136. The highest BCUT2D eigenvalue weighted by Crippen LogP contribution is 2.19. The minimum Gasteiger partial charge on any atom is -0.481 e. The first-order valence-electron chi connectivity index (χ1n) is 6.37. The Balaban J connectivity index is 2.59. The van der Waals surface area contributed by atoms with Crippen LogP contribution in [0.5, 0.6) is 0 Å². The molecule has 1 rings (SSSR count). The monoisotopic (exact) mass is 279 g/mol. The average molecular weight is 279 g/mol. The number of amides is 2. The Kier molecular flexibility index (Phi) is 5.83. The first kappa shape index (κ1) is 15.8. The quantitative estimate of drug-likeness (QED) is 0.825. The molecule has 0 radical (unpaired) electrons. The molecule has 20 heavy (non-hydrogen) atoms. The first-order valence-corrected chi connectivity index (χ1v) is 6.37. The number of benzene rings is 1. The Bertz CT molecular complexity index is 474. The molecule has 0 aliphatic rings. The summed E-state index contributed by atoms with van der Waals surface area (Å²) in [7, 11) is 5.58. The van der Waals surface area contributed by atoms with Crippen molar-refractivity contribution in [2.24, 2.45) is 0 Å². The van der Waals surface area contributed by atoms with Crippen LogP contribution in [0.25, 0.3) is 0 Å². The molecular formula is C14H21N3O3. The Morgan fingerprint density at radius 2 is 1.85 bits per heavy atom. The summed E-state index contributed by atoms with van der Waals surface area (Å²) in [5.74, 6) is -0.925. The number of hydrogen-bond donors (Lipinski definition) is 2. The van der Waals surface area contributed by atoms with E-state index in [0.717, 1.165) is 11.3 Å². The molecule has 6 heteroatoms. The minimum atomic E-state index is -0.925. The second-order valence-corrected chi connectivity index (χ2v) is 4.75. The van der Waals surface area contributed by atoms with Crippen LogP contribution in [0.1, 0.15) is 12.0 Å². The van der Waals surface area contributed by atoms with Crippen LogP contribution in [0.3, 0.4) is 0 Å². The highest BCUT2D eigenvalue weighted by atomic mass is 16.4. The molecule has 0 fully saturated rings. The maximum absolute atomic E-state index is 11.8. The summed E-state index contributed by atoms with van der Waals surface area (Å²) in [4.78, 5) is 25.7. The number of anilines is 1. The van der Waals surface area contributed by atoms with Gasteiger partial charge in [0, 0.05) is 39.9 Å². The van der Waals surface area contributed by atoms with Gasteiger partial charge in [-0.1, -0.05) is 18.2 Å². The molecule has 0 aliphatic carbocycles. The second kappa shape index (κ2) is 7.37. The number of urea groups is 1. The SMILES string of the molecule is CN(Cc1ccccc1N(C)C)C(=O)NCCC(=O)O. The molecule has 2 amide bonds. The highest BCUT2D eigenvalue weighted by molar-refractivity contribution is 5.75. The summed E-state index contributed by atoms with van der Waals surface area (Å²) in [5, 5.41) is 11.1. The van der Waals surface area contributed by atoms with Crippen molar-refractivity contribution in [3.05, 3.63) is 29.8 Å². The summed E-state index contributed by atoms with van der Waals surface area (Å²) in [6, 6.07) is 7.56. The number of carboxylic acids is 1. The standard InChI is InChI=1S/C14H21N3O3/c1-16(2)12-7-5-4-6-11(12)10-17(3)14(20)15-9-8-13(18)19/h4-7H,8-10H2,1-3H3,(H,15,20)(H,18,19). The van der Waals surface area contributed by atoms with Gasteiger partial charge in [0.1, 0.15) is 0 Å². The van der Waals surface area contributed by atoms with E-state index in [4.69, 9.17) is 5.11 Å². The summed E-state index contributed by atoms with van der Waals surface area (Å²) in [6.45, 7) is 0.598. The molecule has 2 N–H and O–H groups in total. The Hall–Kier alpha value is -2.24. The lowest BCUT2D eigenvalue weighted by atomic mass is 10.1. The molecule has 6 nitrogen and oxygen atoms in total. The molecule has 0 bridgehead atoms. The molecule has 0 spiro atoms. The smallest absolute Gasteiger partial charge is 0.317 e. The second-order valence-electron chi connectivity index (χ2n) is 4.75. The van der Waals surface area contributed by atoms with Crippen LogP contribution in [-0.4, -0.2) is 49.7 Å². The molecule has 0 aliphatic heterocycles. The molecule has 1 aromatic rings. The molecular weight excluding hydrogens is 258 g/mol. The number of aliphatic carboxylic acids is 1. The minimum absolute atomic E-state index is 0.0755. The van der Waals surface area contributed by atoms with Crippen LogP contribution in [-0.2, 0) is 11.3 Å². The highest BCUT2D eigenvalue weighted by Gasteiger charge is 2.12. The average Bonchev–Trinajstić information content (AvgIpc) is 2.38. The first-order chi connectivity index (χ1) is 9.41. The van der Waals surface area contributed by atoms with Crippen molar-refractivity contribution < 1.29 is 14.7 Å². The van der Waals surface area contributed by atoms with Crippen molar-refractivity contribution in [3.8, 4) is 0 Å². The zero-order chi connectivity index (χ0) is 15.1. The Morgan fingerprint density at radius 3 is 2.45 bits per heavy atom. The fraction of sp³-hybridized carbons (Fsp3) is 0.429. The predicted molar refractivity (Wildman–Crippen MR) is 77.9 cm³/mol. The van der Waals surface area contributed by atoms with Gasteiger partial charge in [0.05, 0.1) is 6.42 Å². The molecule has 0 heterocycles. The molecule has 0 atom stereocenters. The lowest BCUT2D eigenvalue weighted by Crippen LogP contribution is -2.38. The Morgan fingerprint density at radius 1 is 1.20 bits per heavy atom. The lowest BCUT2D eigenvalue weighted by Gasteiger charge is -2.22. The molecule has 0 saturated carbocycles. The summed E-state index contributed by atoms with van der Waals surface area (Å²) < 4.78 is 0. The number of rotatable bonds is 6. The van der Waals surface area contributed by atoms with Crippen LogP contribution in [0.15, 0.2) is 24.3 Å². The van der Waals surface area contributed by atoms with E-state index < -0.39 is 5.97 Å². The van der Waals surface area contributed by atoms with E-state index in [1.165, 1.54) is 4.90 Å². The molecule has 0 aromatic heterocycles. The van der Waals surface area contributed by atoms with Gasteiger partial charge in [0.15, 0.2) is 0 Å². The van der Waals surface area contributed by atoms with Gasteiger partial charge >= 0.3 is 12.0 Å². The van der Waals surface area contributed by atoms with Crippen molar-refractivity contribution in [2.45, 2.75) is 13.0 Å². The maximum atomic E-state index is 11.8. The third-order valence-electron chi connectivity index (χ3n) is 2.84. The zero-order valence-electron chi connectivity index (χ0n) is 12.1. The molecule has 110 valence electrons. The van der Waals surface area contributed by atoms with Gasteiger partial charge < -0.3 is 20.2 Å². The summed E-state index contributed by atoms with van der Waals surface area (Å²) in [5.41, 5.74) is 2.09. The molecule has 1 aromatic carbocycles. The van der Waals surface area contributed by atoms with Gasteiger partial charge in [0.25, 0.3) is 0 Å². The predicted octanol–water partition coefficient (Wildman–Crippen LogP) is 1.37. The fourth-order valence-electron chi connectivity index (χ4n) is 1.82. The van der Waals surface area contributed by atoms with Crippen LogP contribution in [0.2, 0.25) is 0 Å².